The Morgan fingerprint density at radius 1 is 1.16 bits per heavy atom. The van der Waals surface area contributed by atoms with Crippen LogP contribution in [0.25, 0.3) is 0 Å². The van der Waals surface area contributed by atoms with Gasteiger partial charge in [0, 0.05) is 20.1 Å². The molecule has 0 bridgehead atoms. The van der Waals surface area contributed by atoms with Gasteiger partial charge in [0.05, 0.1) is 0 Å². The molecule has 1 saturated heterocycles. The van der Waals surface area contributed by atoms with E-state index in [9.17, 15) is 0 Å². The highest BCUT2D eigenvalue weighted by atomic mass is 16.7. The van der Waals surface area contributed by atoms with Crippen LogP contribution in [-0.4, -0.2) is 57.9 Å². The first-order valence-electron chi connectivity index (χ1n) is 9.26. The van der Waals surface area contributed by atoms with E-state index < -0.39 is 0 Å². The fraction of sp³-hybridized carbons (Fsp3) is 0.632. The zero-order chi connectivity index (χ0) is 17.5. The number of piperidine rings is 1. The molecule has 3 rings (SSSR count). The van der Waals surface area contributed by atoms with Crippen LogP contribution < -0.4 is 20.1 Å². The second kappa shape index (κ2) is 8.94. The van der Waals surface area contributed by atoms with Crippen molar-refractivity contribution in [3.63, 3.8) is 0 Å². The number of rotatable bonds is 6. The van der Waals surface area contributed by atoms with Gasteiger partial charge in [-0.25, -0.2) is 0 Å². The van der Waals surface area contributed by atoms with E-state index in [0.717, 1.165) is 42.9 Å². The first-order chi connectivity index (χ1) is 12.2. The summed E-state index contributed by atoms with van der Waals surface area (Å²) in [4.78, 5) is 6.73. The lowest BCUT2D eigenvalue weighted by Gasteiger charge is -2.29. The van der Waals surface area contributed by atoms with Gasteiger partial charge in [0.1, 0.15) is 0 Å². The molecular weight excluding hydrogens is 316 g/mol. The minimum absolute atomic E-state index is 0.324. The number of hydrogen-bond donors (Lipinski definition) is 2. The van der Waals surface area contributed by atoms with Gasteiger partial charge in [0.25, 0.3) is 0 Å². The van der Waals surface area contributed by atoms with E-state index in [1.54, 1.807) is 0 Å². The number of ether oxygens (including phenoxy) is 2. The van der Waals surface area contributed by atoms with E-state index in [0.29, 0.717) is 6.79 Å². The van der Waals surface area contributed by atoms with Gasteiger partial charge >= 0.3 is 0 Å². The molecule has 6 nitrogen and oxygen atoms in total. The largest absolute Gasteiger partial charge is 0.454 e. The maximum absolute atomic E-state index is 5.42. The van der Waals surface area contributed by atoms with Crippen molar-refractivity contribution >= 4 is 5.96 Å². The number of hydrogen-bond acceptors (Lipinski definition) is 4. The predicted octanol–water partition coefficient (Wildman–Crippen LogP) is 1.85. The Morgan fingerprint density at radius 3 is 2.72 bits per heavy atom. The molecule has 1 aromatic carbocycles. The molecule has 138 valence electrons. The summed E-state index contributed by atoms with van der Waals surface area (Å²) in [7, 11) is 4.03. The summed E-state index contributed by atoms with van der Waals surface area (Å²) in [5, 5.41) is 6.83. The molecule has 0 aliphatic carbocycles. The molecule has 0 aromatic heterocycles. The molecule has 0 amide bonds. The van der Waals surface area contributed by atoms with Gasteiger partial charge in [-0.3, -0.25) is 4.99 Å². The van der Waals surface area contributed by atoms with E-state index >= 15 is 0 Å². The minimum atomic E-state index is 0.324. The quantitative estimate of drug-likeness (QED) is 0.608. The van der Waals surface area contributed by atoms with Gasteiger partial charge in [-0.05, 0) is 69.4 Å². The molecule has 1 fully saturated rings. The highest BCUT2D eigenvalue weighted by molar-refractivity contribution is 5.79. The van der Waals surface area contributed by atoms with Crippen molar-refractivity contribution in [2.75, 3.05) is 47.1 Å². The Hall–Kier alpha value is -1.95. The van der Waals surface area contributed by atoms with Crippen LogP contribution in [0.5, 0.6) is 11.5 Å². The SMILES string of the molecule is CN=C(NCCc1ccc2c(c1)OCO2)NCCC1CCN(C)CC1. The van der Waals surface area contributed by atoms with Gasteiger partial charge in [0.2, 0.25) is 6.79 Å². The summed E-state index contributed by atoms with van der Waals surface area (Å²) in [6.45, 7) is 4.61. The lowest BCUT2D eigenvalue weighted by molar-refractivity contribution is 0.174. The Kier molecular flexibility index (Phi) is 6.39. The molecule has 0 spiro atoms. The third-order valence-corrected chi connectivity index (χ3v) is 5.05. The third kappa shape index (κ3) is 5.26. The minimum Gasteiger partial charge on any atom is -0.454 e. The molecule has 2 aliphatic rings. The molecule has 2 heterocycles. The van der Waals surface area contributed by atoms with E-state index in [1.807, 2.05) is 13.1 Å². The highest BCUT2D eigenvalue weighted by Gasteiger charge is 2.16. The van der Waals surface area contributed by atoms with Crippen molar-refractivity contribution < 1.29 is 9.47 Å². The van der Waals surface area contributed by atoms with Gasteiger partial charge in [-0.1, -0.05) is 6.07 Å². The van der Waals surface area contributed by atoms with Crippen molar-refractivity contribution in [3.05, 3.63) is 23.8 Å². The number of nitrogens with one attached hydrogen (secondary N) is 2. The third-order valence-electron chi connectivity index (χ3n) is 5.05. The fourth-order valence-corrected chi connectivity index (χ4v) is 3.39. The van der Waals surface area contributed by atoms with E-state index in [2.05, 4.69) is 39.7 Å². The molecule has 0 saturated carbocycles. The fourth-order valence-electron chi connectivity index (χ4n) is 3.39. The van der Waals surface area contributed by atoms with Gasteiger partial charge in [0.15, 0.2) is 17.5 Å². The number of fused-ring (bicyclic) bond motifs is 1. The molecule has 2 N–H and O–H groups in total. The molecule has 0 atom stereocenters. The first-order valence-corrected chi connectivity index (χ1v) is 9.26. The summed E-state index contributed by atoms with van der Waals surface area (Å²) in [6.07, 6.45) is 4.77. The molecule has 0 radical (unpaired) electrons. The predicted molar refractivity (Wildman–Crippen MR) is 100 cm³/mol. The van der Waals surface area contributed by atoms with Crippen LogP contribution in [0.1, 0.15) is 24.8 Å². The molecular formula is C19H30N4O2. The Morgan fingerprint density at radius 2 is 1.92 bits per heavy atom. The monoisotopic (exact) mass is 346 g/mol. The summed E-state index contributed by atoms with van der Waals surface area (Å²) in [5.41, 5.74) is 1.23. The average Bonchev–Trinajstić information content (AvgIpc) is 3.10. The molecule has 1 aromatic rings. The van der Waals surface area contributed by atoms with Crippen LogP contribution >= 0.6 is 0 Å². The number of aliphatic imine (C=N–C) groups is 1. The Balaban J connectivity index is 1.34. The average molecular weight is 346 g/mol. The summed E-state index contributed by atoms with van der Waals surface area (Å²) in [5.74, 6) is 3.41. The second-order valence-electron chi connectivity index (χ2n) is 6.90. The lowest BCUT2D eigenvalue weighted by Crippen LogP contribution is -2.39. The first kappa shape index (κ1) is 17.9. The van der Waals surface area contributed by atoms with Gasteiger partial charge in [-0.15, -0.1) is 0 Å². The standard InChI is InChI=1S/C19H30N4O2/c1-20-19(21-9-5-15-7-11-23(2)12-8-15)22-10-6-16-3-4-17-18(13-16)25-14-24-17/h3-4,13,15H,5-12,14H2,1-2H3,(H2,20,21,22). The van der Waals surface area contributed by atoms with Gasteiger partial charge in [-0.2, -0.15) is 0 Å². The van der Waals surface area contributed by atoms with Crippen LogP contribution in [0, 0.1) is 5.92 Å². The maximum Gasteiger partial charge on any atom is 0.231 e. The van der Waals surface area contributed by atoms with Crippen LogP contribution in [0.2, 0.25) is 0 Å². The summed E-state index contributed by atoms with van der Waals surface area (Å²) < 4.78 is 10.8. The lowest BCUT2D eigenvalue weighted by atomic mass is 9.94. The van der Waals surface area contributed by atoms with E-state index in [1.165, 1.54) is 37.9 Å². The second-order valence-corrected chi connectivity index (χ2v) is 6.90. The number of benzene rings is 1. The number of likely N-dealkylation sites (tertiary alicyclic amines) is 1. The molecule has 2 aliphatic heterocycles. The maximum atomic E-state index is 5.42. The van der Waals surface area contributed by atoms with Crippen LogP contribution in [-0.2, 0) is 6.42 Å². The molecule has 0 unspecified atom stereocenters. The van der Waals surface area contributed by atoms with E-state index in [4.69, 9.17) is 9.47 Å². The topological polar surface area (TPSA) is 58.1 Å². The molecule has 25 heavy (non-hydrogen) atoms. The number of nitrogens with zero attached hydrogens (tertiary/aromatic N) is 2. The van der Waals surface area contributed by atoms with Crippen LogP contribution in [0.3, 0.4) is 0 Å². The normalized spacial score (nSPS) is 18.4. The number of guanidine groups is 1. The zero-order valence-corrected chi connectivity index (χ0v) is 15.4. The molecule has 6 heteroatoms. The van der Waals surface area contributed by atoms with Crippen molar-refractivity contribution in [2.24, 2.45) is 10.9 Å². The van der Waals surface area contributed by atoms with Crippen molar-refractivity contribution in [2.45, 2.75) is 25.7 Å². The van der Waals surface area contributed by atoms with E-state index in [-0.39, 0.29) is 0 Å². The van der Waals surface area contributed by atoms with Gasteiger partial charge < -0.3 is 25.0 Å². The Labute approximate surface area is 150 Å². The highest BCUT2D eigenvalue weighted by Crippen LogP contribution is 2.32. The van der Waals surface area contributed by atoms with Crippen molar-refractivity contribution in [3.8, 4) is 11.5 Å². The Bertz CT molecular complexity index is 583. The summed E-state index contributed by atoms with van der Waals surface area (Å²) in [6, 6.07) is 6.12. The van der Waals surface area contributed by atoms with Crippen LogP contribution in [0.15, 0.2) is 23.2 Å². The summed E-state index contributed by atoms with van der Waals surface area (Å²) >= 11 is 0. The van der Waals surface area contributed by atoms with Crippen molar-refractivity contribution in [1.29, 1.82) is 0 Å². The van der Waals surface area contributed by atoms with Crippen LogP contribution in [0.4, 0.5) is 0 Å². The smallest absolute Gasteiger partial charge is 0.231 e. The zero-order valence-electron chi connectivity index (χ0n) is 15.4. The van der Waals surface area contributed by atoms with Crippen molar-refractivity contribution in [1.82, 2.24) is 15.5 Å².